The summed E-state index contributed by atoms with van der Waals surface area (Å²) in [6, 6.07) is 0. The van der Waals surface area contributed by atoms with Crippen molar-refractivity contribution in [2.24, 2.45) is 10.7 Å². The summed E-state index contributed by atoms with van der Waals surface area (Å²) >= 11 is 0. The minimum absolute atomic E-state index is 0.0439. The molecule has 2 aliphatic rings. The number of carbonyl (C=O) groups is 1. The van der Waals surface area contributed by atoms with E-state index in [1.807, 2.05) is 4.90 Å². The lowest BCUT2D eigenvalue weighted by atomic mass is 10.1. The molecule has 2 N–H and O–H groups in total. The Balaban J connectivity index is 2.15. The molecule has 5 heteroatoms. The fourth-order valence-corrected chi connectivity index (χ4v) is 2.91. The molecule has 1 heterocycles. The highest BCUT2D eigenvalue weighted by Crippen LogP contribution is 2.28. The van der Waals surface area contributed by atoms with E-state index in [1.54, 1.807) is 0 Å². The van der Waals surface area contributed by atoms with Crippen molar-refractivity contribution in [2.45, 2.75) is 45.2 Å². The number of alkyl halides is 1. The second-order valence-corrected chi connectivity index (χ2v) is 5.84. The smallest absolute Gasteiger partial charge is 0.151 e. The van der Waals surface area contributed by atoms with Gasteiger partial charge in [-0.2, -0.15) is 0 Å². The number of likely N-dealkylation sites (tertiary alicyclic amines) is 1. The Morgan fingerprint density at radius 2 is 2.24 bits per heavy atom. The minimum Gasteiger partial charge on any atom is -0.397 e. The van der Waals surface area contributed by atoms with Crippen molar-refractivity contribution in [1.82, 2.24) is 4.90 Å². The molecule has 4 nitrogen and oxygen atoms in total. The number of halogens is 1. The van der Waals surface area contributed by atoms with Gasteiger partial charge in [0.1, 0.15) is 6.17 Å². The average molecular weight is 293 g/mol. The van der Waals surface area contributed by atoms with Crippen molar-refractivity contribution in [3.8, 4) is 0 Å². The van der Waals surface area contributed by atoms with Gasteiger partial charge >= 0.3 is 0 Å². The zero-order valence-corrected chi connectivity index (χ0v) is 12.7. The third-order valence-electron chi connectivity index (χ3n) is 4.06. The molecule has 0 amide bonds. The zero-order valence-electron chi connectivity index (χ0n) is 12.7. The van der Waals surface area contributed by atoms with Crippen molar-refractivity contribution < 1.29 is 9.18 Å². The molecule has 0 aromatic carbocycles. The number of carbonyl (C=O) groups excluding carboxylic acids is 1. The van der Waals surface area contributed by atoms with Crippen LogP contribution in [0.1, 0.15) is 39.0 Å². The number of nitrogens with zero attached hydrogens (tertiary/aromatic N) is 2. The van der Waals surface area contributed by atoms with Crippen molar-refractivity contribution in [2.75, 3.05) is 19.6 Å². The summed E-state index contributed by atoms with van der Waals surface area (Å²) in [6.07, 6.45) is 3.34. The normalized spacial score (nSPS) is 27.0. The summed E-state index contributed by atoms with van der Waals surface area (Å²) in [5.74, 6) is 0.0439. The topological polar surface area (TPSA) is 58.7 Å². The molecule has 1 saturated heterocycles. The number of ketones is 1. The van der Waals surface area contributed by atoms with Gasteiger partial charge in [0.25, 0.3) is 0 Å². The highest BCUT2D eigenvalue weighted by molar-refractivity contribution is 6.03. The molecule has 1 atom stereocenters. The first-order chi connectivity index (χ1) is 9.99. The van der Waals surface area contributed by atoms with E-state index in [2.05, 4.69) is 11.6 Å². The molecule has 0 radical (unpaired) electrons. The van der Waals surface area contributed by atoms with Gasteiger partial charge in [-0.15, -0.1) is 0 Å². The lowest BCUT2D eigenvalue weighted by molar-refractivity contribution is -0.115. The molecule has 0 bridgehead atoms. The average Bonchev–Trinajstić information content (AvgIpc) is 2.92. The van der Waals surface area contributed by atoms with Crippen LogP contribution in [0.2, 0.25) is 0 Å². The Labute approximate surface area is 125 Å². The highest BCUT2D eigenvalue weighted by Gasteiger charge is 2.25. The van der Waals surface area contributed by atoms with E-state index < -0.39 is 6.17 Å². The molecule has 2 rings (SSSR count). The summed E-state index contributed by atoms with van der Waals surface area (Å²) in [5, 5.41) is 0. The highest BCUT2D eigenvalue weighted by atomic mass is 19.1. The number of hydrogen-bond donors (Lipinski definition) is 1. The van der Waals surface area contributed by atoms with Gasteiger partial charge in [0.05, 0.1) is 17.9 Å². The predicted octanol–water partition coefficient (Wildman–Crippen LogP) is 2.36. The van der Waals surface area contributed by atoms with Crippen LogP contribution in [0, 0.1) is 0 Å². The maximum atomic E-state index is 13.5. The van der Waals surface area contributed by atoms with Crippen LogP contribution in [-0.2, 0) is 4.79 Å². The van der Waals surface area contributed by atoms with Crippen LogP contribution in [0.4, 0.5) is 4.39 Å². The van der Waals surface area contributed by atoms with Crippen LogP contribution in [0.15, 0.2) is 28.5 Å². The van der Waals surface area contributed by atoms with E-state index in [0.717, 1.165) is 43.5 Å². The molecule has 0 aromatic rings. The van der Waals surface area contributed by atoms with Gasteiger partial charge < -0.3 is 10.6 Å². The quantitative estimate of drug-likeness (QED) is 0.865. The first-order valence-electron chi connectivity index (χ1n) is 7.59. The first-order valence-corrected chi connectivity index (χ1v) is 7.59. The zero-order chi connectivity index (χ0) is 15.4. The third kappa shape index (κ3) is 3.93. The third-order valence-corrected chi connectivity index (χ3v) is 4.06. The molecule has 21 heavy (non-hydrogen) atoms. The molecule has 2 fully saturated rings. The summed E-state index contributed by atoms with van der Waals surface area (Å²) in [7, 11) is 0. The van der Waals surface area contributed by atoms with Gasteiger partial charge in [-0.3, -0.25) is 9.79 Å². The van der Waals surface area contributed by atoms with Gasteiger partial charge in [-0.1, -0.05) is 6.58 Å². The molecule has 1 aliphatic heterocycles. The molecular weight excluding hydrogens is 269 g/mol. The van der Waals surface area contributed by atoms with Crippen LogP contribution in [0.3, 0.4) is 0 Å². The Hall–Kier alpha value is -1.65. The van der Waals surface area contributed by atoms with Gasteiger partial charge in [0.15, 0.2) is 5.78 Å². The van der Waals surface area contributed by atoms with Crippen molar-refractivity contribution in [1.29, 1.82) is 0 Å². The molecule has 1 saturated carbocycles. The van der Waals surface area contributed by atoms with Crippen molar-refractivity contribution >= 4 is 11.5 Å². The van der Waals surface area contributed by atoms with Gasteiger partial charge in [0.2, 0.25) is 0 Å². The van der Waals surface area contributed by atoms with Crippen molar-refractivity contribution in [3.05, 3.63) is 23.5 Å². The summed E-state index contributed by atoms with van der Waals surface area (Å²) in [6.45, 7) is 6.94. The molecule has 1 aliphatic carbocycles. The second-order valence-electron chi connectivity index (χ2n) is 5.84. The first kappa shape index (κ1) is 15.7. The largest absolute Gasteiger partial charge is 0.397 e. The fraction of sp³-hybridized carbons (Fsp3) is 0.625. The van der Waals surface area contributed by atoms with E-state index in [0.29, 0.717) is 24.4 Å². The van der Waals surface area contributed by atoms with Crippen LogP contribution < -0.4 is 5.73 Å². The molecule has 0 aromatic heterocycles. The Bertz CT molecular complexity index is 496. The maximum absolute atomic E-state index is 13.5. The standard InChI is InChI=1S/C16H24FN3O/c1-11(21)9-19-15-7-3-6-14(15)16(18)12(2)20-8-4-5-13(17)10-20/h13H,2-10,18H2,1H3/b16-14-,19-15?. The van der Waals surface area contributed by atoms with E-state index >= 15 is 0 Å². The Kier molecular flexibility index (Phi) is 5.15. The number of nitrogens with two attached hydrogens (primary N) is 1. The van der Waals surface area contributed by atoms with Gasteiger partial charge in [0, 0.05) is 18.8 Å². The fourth-order valence-electron chi connectivity index (χ4n) is 2.91. The monoisotopic (exact) mass is 293 g/mol. The molecule has 0 spiro atoms. The lowest BCUT2D eigenvalue weighted by Crippen LogP contribution is -2.37. The number of rotatable bonds is 4. The SMILES string of the molecule is C=C(/C(N)=C1\CCCC1=NCC(C)=O)N1CCCC(F)C1. The molecular formula is C16H24FN3O. The molecule has 116 valence electrons. The van der Waals surface area contributed by atoms with Crippen LogP contribution in [-0.4, -0.2) is 42.2 Å². The van der Waals surface area contributed by atoms with Gasteiger partial charge in [-0.05, 0) is 44.6 Å². The Morgan fingerprint density at radius 1 is 1.48 bits per heavy atom. The van der Waals surface area contributed by atoms with E-state index in [-0.39, 0.29) is 12.3 Å². The summed E-state index contributed by atoms with van der Waals surface area (Å²) in [4.78, 5) is 17.4. The van der Waals surface area contributed by atoms with Crippen LogP contribution >= 0.6 is 0 Å². The summed E-state index contributed by atoms with van der Waals surface area (Å²) in [5.41, 5.74) is 9.46. The van der Waals surface area contributed by atoms with Crippen molar-refractivity contribution in [3.63, 3.8) is 0 Å². The molecule has 1 unspecified atom stereocenters. The number of hydrogen-bond acceptors (Lipinski definition) is 4. The maximum Gasteiger partial charge on any atom is 0.151 e. The van der Waals surface area contributed by atoms with Crippen LogP contribution in [0.25, 0.3) is 0 Å². The number of Topliss-reactive ketones (excluding diaryl/α,β-unsaturated/α-hetero) is 1. The number of aliphatic imine (C=N–C) groups is 1. The van der Waals surface area contributed by atoms with Crippen LogP contribution in [0.5, 0.6) is 0 Å². The van der Waals surface area contributed by atoms with E-state index in [1.165, 1.54) is 6.92 Å². The van der Waals surface area contributed by atoms with E-state index in [9.17, 15) is 9.18 Å². The van der Waals surface area contributed by atoms with E-state index in [4.69, 9.17) is 5.73 Å². The minimum atomic E-state index is -0.803. The second kappa shape index (κ2) is 6.87. The summed E-state index contributed by atoms with van der Waals surface area (Å²) < 4.78 is 13.5. The number of piperidine rings is 1. The van der Waals surface area contributed by atoms with Gasteiger partial charge in [-0.25, -0.2) is 4.39 Å². The predicted molar refractivity (Wildman–Crippen MR) is 82.9 cm³/mol. The Morgan fingerprint density at radius 3 is 2.90 bits per heavy atom. The lowest BCUT2D eigenvalue weighted by Gasteiger charge is -2.33. The number of allylic oxidation sites excluding steroid dienone is 1.